The summed E-state index contributed by atoms with van der Waals surface area (Å²) in [4.78, 5) is 26.7. The molecule has 1 unspecified atom stereocenters. The first kappa shape index (κ1) is 15.2. The lowest BCUT2D eigenvalue weighted by atomic mass is 9.87. The standard InChI is InChI=1S/C16H20BrNO2/c1-11-6-8-12(9-7-11)18-10-4-5-13(15(18)20)14(19)16(2,3)17/h6-9,13H,4-5,10H2,1-3H3. The molecule has 1 amide bonds. The molecule has 1 heterocycles. The molecular formula is C16H20BrNO2. The zero-order valence-corrected chi connectivity index (χ0v) is 13.7. The lowest BCUT2D eigenvalue weighted by Crippen LogP contribution is -2.48. The lowest BCUT2D eigenvalue weighted by Gasteiger charge is -2.33. The third-order valence-electron chi connectivity index (χ3n) is 3.69. The second-order valence-corrected chi connectivity index (χ2v) is 7.84. The van der Waals surface area contributed by atoms with E-state index in [0.717, 1.165) is 17.7 Å². The van der Waals surface area contributed by atoms with Crippen molar-refractivity contribution in [2.45, 2.75) is 37.9 Å². The Bertz CT molecular complexity index is 516. The van der Waals surface area contributed by atoms with Gasteiger partial charge < -0.3 is 4.90 Å². The maximum Gasteiger partial charge on any atom is 0.237 e. The summed E-state index contributed by atoms with van der Waals surface area (Å²) in [5, 5.41) is 0. The number of amides is 1. The van der Waals surface area contributed by atoms with Gasteiger partial charge in [0.15, 0.2) is 5.78 Å². The van der Waals surface area contributed by atoms with Crippen LogP contribution in [0.2, 0.25) is 0 Å². The van der Waals surface area contributed by atoms with Crippen LogP contribution >= 0.6 is 15.9 Å². The minimum Gasteiger partial charge on any atom is -0.312 e. The zero-order valence-electron chi connectivity index (χ0n) is 12.1. The summed E-state index contributed by atoms with van der Waals surface area (Å²) in [6.45, 7) is 6.30. The number of carbonyl (C=O) groups excluding carboxylic acids is 2. The molecule has 1 aliphatic rings. The summed E-state index contributed by atoms with van der Waals surface area (Å²) < 4.78 is -0.649. The van der Waals surface area contributed by atoms with E-state index < -0.39 is 10.2 Å². The Morgan fingerprint density at radius 2 is 1.90 bits per heavy atom. The van der Waals surface area contributed by atoms with E-state index >= 15 is 0 Å². The van der Waals surface area contributed by atoms with Crippen molar-refractivity contribution in [3.05, 3.63) is 29.8 Å². The van der Waals surface area contributed by atoms with Crippen LogP contribution in [0.4, 0.5) is 5.69 Å². The number of nitrogens with zero attached hydrogens (tertiary/aromatic N) is 1. The van der Waals surface area contributed by atoms with Gasteiger partial charge in [-0.3, -0.25) is 9.59 Å². The predicted octanol–water partition coefficient (Wildman–Crippen LogP) is 3.48. The molecule has 1 aromatic rings. The molecule has 0 bridgehead atoms. The Kier molecular flexibility index (Phi) is 4.33. The molecule has 2 rings (SSSR count). The molecule has 0 spiro atoms. The van der Waals surface area contributed by atoms with Crippen LogP contribution in [-0.2, 0) is 9.59 Å². The lowest BCUT2D eigenvalue weighted by molar-refractivity contribution is -0.134. The Morgan fingerprint density at radius 1 is 1.30 bits per heavy atom. The van der Waals surface area contributed by atoms with Crippen LogP contribution in [0.25, 0.3) is 0 Å². The van der Waals surface area contributed by atoms with Gasteiger partial charge in [0.05, 0.1) is 10.2 Å². The predicted molar refractivity (Wildman–Crippen MR) is 84.3 cm³/mol. The molecule has 0 saturated carbocycles. The normalized spacial score (nSPS) is 20.1. The van der Waals surface area contributed by atoms with Crippen LogP contribution in [-0.4, -0.2) is 22.6 Å². The number of piperidine rings is 1. The van der Waals surface area contributed by atoms with Crippen LogP contribution in [0, 0.1) is 12.8 Å². The Balaban J connectivity index is 2.23. The average molecular weight is 338 g/mol. The van der Waals surface area contributed by atoms with Crippen LogP contribution in [0.1, 0.15) is 32.3 Å². The maximum atomic E-state index is 12.6. The van der Waals surface area contributed by atoms with Crippen LogP contribution in [0.3, 0.4) is 0 Å². The first-order valence-corrected chi connectivity index (χ1v) is 7.71. The number of halogens is 1. The van der Waals surface area contributed by atoms with Crippen molar-refractivity contribution in [2.24, 2.45) is 5.92 Å². The van der Waals surface area contributed by atoms with E-state index in [1.807, 2.05) is 31.2 Å². The molecule has 1 atom stereocenters. The molecule has 20 heavy (non-hydrogen) atoms. The van der Waals surface area contributed by atoms with E-state index in [0.29, 0.717) is 13.0 Å². The molecule has 0 aromatic heterocycles. The molecule has 4 heteroatoms. The van der Waals surface area contributed by atoms with Crippen molar-refractivity contribution in [1.29, 1.82) is 0 Å². The largest absolute Gasteiger partial charge is 0.312 e. The van der Waals surface area contributed by atoms with Gasteiger partial charge in [0, 0.05) is 12.2 Å². The smallest absolute Gasteiger partial charge is 0.237 e. The summed E-state index contributed by atoms with van der Waals surface area (Å²) in [5.41, 5.74) is 2.04. The molecule has 1 aliphatic heterocycles. The van der Waals surface area contributed by atoms with E-state index in [4.69, 9.17) is 0 Å². The molecule has 3 nitrogen and oxygen atoms in total. The monoisotopic (exact) mass is 337 g/mol. The molecule has 0 N–H and O–H groups in total. The number of Topliss-reactive ketones (excluding diaryl/α,β-unsaturated/α-hetero) is 1. The Hall–Kier alpha value is -1.16. The molecule has 0 radical (unpaired) electrons. The molecule has 1 saturated heterocycles. The van der Waals surface area contributed by atoms with Gasteiger partial charge in [-0.25, -0.2) is 0 Å². The van der Waals surface area contributed by atoms with Gasteiger partial charge in [0.2, 0.25) is 5.91 Å². The first-order chi connectivity index (χ1) is 9.30. The number of hydrogen-bond donors (Lipinski definition) is 0. The van der Waals surface area contributed by atoms with Gasteiger partial charge in [0.25, 0.3) is 0 Å². The molecular weight excluding hydrogens is 318 g/mol. The van der Waals surface area contributed by atoms with E-state index in [1.54, 1.807) is 18.7 Å². The highest BCUT2D eigenvalue weighted by Crippen LogP contribution is 2.30. The van der Waals surface area contributed by atoms with Crippen molar-refractivity contribution >= 4 is 33.3 Å². The van der Waals surface area contributed by atoms with Crippen LogP contribution < -0.4 is 4.90 Å². The number of anilines is 1. The third-order valence-corrected chi connectivity index (χ3v) is 4.08. The molecule has 1 fully saturated rings. The second-order valence-electron chi connectivity index (χ2n) is 5.86. The van der Waals surface area contributed by atoms with Gasteiger partial charge in [0.1, 0.15) is 0 Å². The third kappa shape index (κ3) is 3.11. The number of hydrogen-bond acceptors (Lipinski definition) is 2. The van der Waals surface area contributed by atoms with E-state index in [9.17, 15) is 9.59 Å². The van der Waals surface area contributed by atoms with E-state index in [-0.39, 0.29) is 11.7 Å². The maximum absolute atomic E-state index is 12.6. The highest BCUT2D eigenvalue weighted by atomic mass is 79.9. The van der Waals surface area contributed by atoms with Gasteiger partial charge in [-0.1, -0.05) is 33.6 Å². The summed E-state index contributed by atoms with van der Waals surface area (Å²) in [6.07, 6.45) is 1.51. The fourth-order valence-corrected chi connectivity index (χ4v) is 2.79. The van der Waals surface area contributed by atoms with Gasteiger partial charge in [-0.15, -0.1) is 0 Å². The fraction of sp³-hybridized carbons (Fsp3) is 0.500. The quantitative estimate of drug-likeness (QED) is 0.625. The van der Waals surface area contributed by atoms with Crippen molar-refractivity contribution in [3.63, 3.8) is 0 Å². The highest BCUT2D eigenvalue weighted by Gasteiger charge is 2.40. The summed E-state index contributed by atoms with van der Waals surface area (Å²) in [5.74, 6) is -0.628. The number of rotatable bonds is 3. The van der Waals surface area contributed by atoms with Gasteiger partial charge in [-0.2, -0.15) is 0 Å². The zero-order chi connectivity index (χ0) is 14.9. The number of ketones is 1. The Morgan fingerprint density at radius 3 is 2.45 bits per heavy atom. The SMILES string of the molecule is Cc1ccc(N2CCCC(C(=O)C(C)(C)Br)C2=O)cc1. The Labute approximate surface area is 128 Å². The number of benzene rings is 1. The number of carbonyl (C=O) groups is 2. The van der Waals surface area contributed by atoms with E-state index in [2.05, 4.69) is 15.9 Å². The van der Waals surface area contributed by atoms with Crippen LogP contribution in [0.5, 0.6) is 0 Å². The van der Waals surface area contributed by atoms with Gasteiger partial charge in [-0.05, 0) is 45.7 Å². The summed E-state index contributed by atoms with van der Waals surface area (Å²) in [6, 6.07) is 7.86. The first-order valence-electron chi connectivity index (χ1n) is 6.92. The molecule has 0 aliphatic carbocycles. The summed E-state index contributed by atoms with van der Waals surface area (Å²) >= 11 is 3.37. The molecule has 1 aromatic carbocycles. The van der Waals surface area contributed by atoms with E-state index in [1.165, 1.54) is 0 Å². The number of aryl methyl sites for hydroxylation is 1. The average Bonchev–Trinajstić information content (AvgIpc) is 2.38. The van der Waals surface area contributed by atoms with Crippen molar-refractivity contribution in [1.82, 2.24) is 0 Å². The van der Waals surface area contributed by atoms with Gasteiger partial charge >= 0.3 is 0 Å². The van der Waals surface area contributed by atoms with Crippen LogP contribution in [0.15, 0.2) is 24.3 Å². The minimum absolute atomic E-state index is 0.0284. The highest BCUT2D eigenvalue weighted by molar-refractivity contribution is 9.10. The molecule has 108 valence electrons. The number of alkyl halides is 1. The van der Waals surface area contributed by atoms with Crippen molar-refractivity contribution in [3.8, 4) is 0 Å². The summed E-state index contributed by atoms with van der Waals surface area (Å²) in [7, 11) is 0. The topological polar surface area (TPSA) is 37.4 Å². The minimum atomic E-state index is -0.649. The second kappa shape index (κ2) is 5.68. The van der Waals surface area contributed by atoms with Crippen molar-refractivity contribution in [2.75, 3.05) is 11.4 Å². The van der Waals surface area contributed by atoms with Crippen molar-refractivity contribution < 1.29 is 9.59 Å². The fourth-order valence-electron chi connectivity index (χ4n) is 2.51.